The molecule has 34 heavy (non-hydrogen) atoms. The largest absolute Gasteiger partial charge is 0.461 e. The van der Waals surface area contributed by atoms with Gasteiger partial charge in [-0.15, -0.1) is 0 Å². The lowest BCUT2D eigenvalue weighted by molar-refractivity contribution is 0.223. The van der Waals surface area contributed by atoms with Crippen LogP contribution in [0.5, 0.6) is 0 Å². The molecular formula is C30H35N3O. The molecule has 3 aliphatic heterocycles. The Balaban J connectivity index is 1.79. The van der Waals surface area contributed by atoms with Gasteiger partial charge in [-0.3, -0.25) is 0 Å². The molecule has 0 bridgehead atoms. The summed E-state index contributed by atoms with van der Waals surface area (Å²) in [4.78, 5) is 5.99. The summed E-state index contributed by atoms with van der Waals surface area (Å²) in [5, 5.41) is 9.41. The number of nitrogens with zero attached hydrogens (tertiary/aromatic N) is 3. The third-order valence-electron chi connectivity index (χ3n) is 7.40. The van der Waals surface area contributed by atoms with Crippen LogP contribution in [0.15, 0.2) is 53.1 Å². The second-order valence-electron chi connectivity index (χ2n) is 12.0. The van der Waals surface area contributed by atoms with E-state index in [4.69, 9.17) is 11.3 Å². The molecule has 0 aliphatic carbocycles. The molecule has 0 amide bonds. The van der Waals surface area contributed by atoms with Gasteiger partial charge in [0.15, 0.2) is 0 Å². The van der Waals surface area contributed by atoms with Crippen molar-refractivity contribution in [3.63, 3.8) is 0 Å². The Morgan fingerprint density at radius 2 is 1.65 bits per heavy atom. The van der Waals surface area contributed by atoms with Crippen molar-refractivity contribution in [2.75, 3.05) is 18.0 Å². The van der Waals surface area contributed by atoms with Crippen LogP contribution in [0.2, 0.25) is 0 Å². The summed E-state index contributed by atoms with van der Waals surface area (Å²) in [7, 11) is 0. The van der Waals surface area contributed by atoms with Crippen molar-refractivity contribution in [3.8, 4) is 6.07 Å². The number of hydrogen-bond acceptors (Lipinski definition) is 3. The summed E-state index contributed by atoms with van der Waals surface area (Å²) in [6, 6.07) is 6.69. The second kappa shape index (κ2) is 8.21. The van der Waals surface area contributed by atoms with E-state index < -0.39 is 0 Å². The standard InChI is InChI=1S/C30H35N3O/c1-28(2,3)26-18-21(25(19-31)32-8)17-22(34-26)10-9-20-15-23-27-24(16-20)30(6,7)12-14-33(27)13-11-29(23,4)5/h9-10,15-18H,11-14H2,1-7H3/b10-9?,25-21-. The van der Waals surface area contributed by atoms with Crippen LogP contribution >= 0.6 is 0 Å². The van der Waals surface area contributed by atoms with Gasteiger partial charge in [0, 0.05) is 24.2 Å². The molecule has 4 heteroatoms. The molecule has 0 saturated carbocycles. The van der Waals surface area contributed by atoms with Crippen LogP contribution in [0, 0.1) is 23.3 Å². The Morgan fingerprint density at radius 3 is 2.15 bits per heavy atom. The first-order valence-corrected chi connectivity index (χ1v) is 12.1. The molecule has 0 fully saturated rings. The van der Waals surface area contributed by atoms with E-state index in [9.17, 15) is 5.26 Å². The molecule has 0 N–H and O–H groups in total. The number of ether oxygens (including phenoxy) is 1. The van der Waals surface area contributed by atoms with Crippen molar-refractivity contribution in [1.29, 1.82) is 5.26 Å². The average molecular weight is 454 g/mol. The SMILES string of the molecule is [C-]#[N+]/C(C#N)=C1/C=C(C=Cc2cc3c4c(c2)C(C)(C)CCN4CCC3(C)C)OC(C(C)(C)C)=C1. The summed E-state index contributed by atoms with van der Waals surface area (Å²) >= 11 is 0. The number of rotatable bonds is 2. The summed E-state index contributed by atoms with van der Waals surface area (Å²) in [6.45, 7) is 25.2. The Bertz CT molecular complexity index is 1180. The first-order chi connectivity index (χ1) is 15.9. The minimum Gasteiger partial charge on any atom is -0.461 e. The van der Waals surface area contributed by atoms with Gasteiger partial charge in [-0.05, 0) is 76.3 Å². The molecule has 3 heterocycles. The minimum atomic E-state index is -0.241. The van der Waals surface area contributed by atoms with Crippen LogP contribution in [-0.2, 0) is 15.6 Å². The molecule has 0 spiro atoms. The highest BCUT2D eigenvalue weighted by molar-refractivity contribution is 5.72. The van der Waals surface area contributed by atoms with Crippen molar-refractivity contribution in [3.05, 3.63) is 81.3 Å². The lowest BCUT2D eigenvalue weighted by atomic mass is 9.69. The molecular weight excluding hydrogens is 418 g/mol. The van der Waals surface area contributed by atoms with Gasteiger partial charge in [-0.25, -0.2) is 10.1 Å². The molecule has 1 aromatic carbocycles. The van der Waals surface area contributed by atoms with E-state index in [0.29, 0.717) is 11.3 Å². The van der Waals surface area contributed by atoms with Gasteiger partial charge in [-0.2, -0.15) is 0 Å². The Labute approximate surface area is 204 Å². The van der Waals surface area contributed by atoms with Crippen molar-refractivity contribution in [2.45, 2.75) is 72.1 Å². The zero-order chi connectivity index (χ0) is 24.9. The highest BCUT2D eigenvalue weighted by Gasteiger charge is 2.39. The van der Waals surface area contributed by atoms with E-state index >= 15 is 0 Å². The molecule has 0 radical (unpaired) electrons. The molecule has 0 atom stereocenters. The molecule has 0 aromatic heterocycles. The van der Waals surface area contributed by atoms with Gasteiger partial charge in [0.05, 0.1) is 12.6 Å². The number of allylic oxidation sites excluding steroid dienone is 6. The van der Waals surface area contributed by atoms with Crippen molar-refractivity contribution >= 4 is 11.8 Å². The predicted molar refractivity (Wildman–Crippen MR) is 139 cm³/mol. The maximum atomic E-state index is 9.41. The molecule has 1 aromatic rings. The second-order valence-corrected chi connectivity index (χ2v) is 12.0. The summed E-state index contributed by atoms with van der Waals surface area (Å²) in [5.74, 6) is 1.39. The van der Waals surface area contributed by atoms with Gasteiger partial charge < -0.3 is 9.64 Å². The molecule has 176 valence electrons. The lowest BCUT2D eigenvalue weighted by Gasteiger charge is -2.48. The first kappa shape index (κ1) is 23.9. The molecule has 0 unspecified atom stereocenters. The van der Waals surface area contributed by atoms with Gasteiger partial charge in [0.1, 0.15) is 11.5 Å². The first-order valence-electron chi connectivity index (χ1n) is 12.1. The number of hydrogen-bond donors (Lipinski definition) is 0. The summed E-state index contributed by atoms with van der Waals surface area (Å²) in [5.41, 5.74) is 6.17. The van der Waals surface area contributed by atoms with E-state index in [1.54, 1.807) is 6.08 Å². The van der Waals surface area contributed by atoms with E-state index in [1.807, 2.05) is 18.2 Å². The maximum Gasteiger partial charge on any atom is 0.269 e. The zero-order valence-electron chi connectivity index (χ0n) is 21.5. The normalized spacial score (nSPS) is 22.1. The predicted octanol–water partition coefficient (Wildman–Crippen LogP) is 7.41. The quantitative estimate of drug-likeness (QED) is 0.346. The number of nitriles is 1. The van der Waals surface area contributed by atoms with E-state index in [2.05, 4.69) is 76.4 Å². The van der Waals surface area contributed by atoms with Crippen LogP contribution in [0.4, 0.5) is 5.69 Å². The summed E-state index contributed by atoms with van der Waals surface area (Å²) < 4.78 is 6.20. The Hall–Kier alpha value is -3.24. The van der Waals surface area contributed by atoms with Gasteiger partial charge >= 0.3 is 0 Å². The number of benzene rings is 1. The Morgan fingerprint density at radius 1 is 1.06 bits per heavy atom. The third-order valence-corrected chi connectivity index (χ3v) is 7.40. The average Bonchev–Trinajstić information content (AvgIpc) is 2.76. The van der Waals surface area contributed by atoms with Gasteiger partial charge in [0.2, 0.25) is 0 Å². The highest BCUT2D eigenvalue weighted by atomic mass is 16.5. The minimum absolute atomic E-state index is 0.0812. The fourth-order valence-electron chi connectivity index (χ4n) is 5.00. The third kappa shape index (κ3) is 4.30. The fourth-order valence-corrected chi connectivity index (χ4v) is 5.00. The zero-order valence-corrected chi connectivity index (χ0v) is 21.5. The Kier molecular flexibility index (Phi) is 5.77. The van der Waals surface area contributed by atoms with Crippen molar-refractivity contribution in [1.82, 2.24) is 0 Å². The van der Waals surface area contributed by atoms with Gasteiger partial charge in [-0.1, -0.05) is 54.5 Å². The van der Waals surface area contributed by atoms with Crippen LogP contribution in [-0.4, -0.2) is 13.1 Å². The van der Waals surface area contributed by atoms with Crippen molar-refractivity contribution in [2.24, 2.45) is 5.41 Å². The van der Waals surface area contributed by atoms with E-state index in [0.717, 1.165) is 37.3 Å². The van der Waals surface area contributed by atoms with E-state index in [-0.39, 0.29) is 21.9 Å². The lowest BCUT2D eigenvalue weighted by Crippen LogP contribution is -2.44. The number of anilines is 1. The maximum absolute atomic E-state index is 9.41. The topological polar surface area (TPSA) is 40.6 Å². The van der Waals surface area contributed by atoms with Crippen LogP contribution < -0.4 is 4.90 Å². The molecule has 0 saturated heterocycles. The molecule has 3 aliphatic rings. The monoisotopic (exact) mass is 453 g/mol. The molecule has 4 nitrogen and oxygen atoms in total. The van der Waals surface area contributed by atoms with Crippen LogP contribution in [0.25, 0.3) is 10.9 Å². The highest BCUT2D eigenvalue weighted by Crippen LogP contribution is 2.49. The fraction of sp³-hybridized carbons (Fsp3) is 0.467. The van der Waals surface area contributed by atoms with Crippen LogP contribution in [0.3, 0.4) is 0 Å². The smallest absolute Gasteiger partial charge is 0.269 e. The van der Waals surface area contributed by atoms with Crippen LogP contribution in [0.1, 0.15) is 78.0 Å². The van der Waals surface area contributed by atoms with Gasteiger partial charge in [0.25, 0.3) is 5.70 Å². The van der Waals surface area contributed by atoms with E-state index in [1.165, 1.54) is 16.8 Å². The van der Waals surface area contributed by atoms with Crippen molar-refractivity contribution < 1.29 is 4.74 Å². The molecule has 4 rings (SSSR count). The summed E-state index contributed by atoms with van der Waals surface area (Å²) in [6.07, 6.45) is 9.99.